The van der Waals surface area contributed by atoms with Gasteiger partial charge in [-0.05, 0) is 67.8 Å². The first-order chi connectivity index (χ1) is 20.6. The highest BCUT2D eigenvalue weighted by Gasteiger charge is 2.35. The highest BCUT2D eigenvalue weighted by atomic mass is 35.5. The lowest BCUT2D eigenvalue weighted by Crippen LogP contribution is -2.54. The summed E-state index contributed by atoms with van der Waals surface area (Å²) in [5.74, 6) is -0.350. The minimum atomic E-state index is -4.19. The highest BCUT2D eigenvalue weighted by molar-refractivity contribution is 7.92. The molecular weight excluding hydrogens is 609 g/mol. The van der Waals surface area contributed by atoms with Crippen LogP contribution in [0.25, 0.3) is 0 Å². The lowest BCUT2D eigenvalue weighted by molar-refractivity contribution is -0.140. The zero-order valence-corrected chi connectivity index (χ0v) is 26.7. The molecule has 1 N–H and O–H groups in total. The number of anilines is 1. The van der Waals surface area contributed by atoms with Crippen molar-refractivity contribution in [2.24, 2.45) is 0 Å². The Balaban J connectivity index is 1.72. The summed E-state index contributed by atoms with van der Waals surface area (Å²) in [6, 6.07) is 18.6. The fraction of sp³-hybridized carbons (Fsp3) is 0.375. The van der Waals surface area contributed by atoms with E-state index in [9.17, 15) is 18.0 Å². The number of sulfonamides is 1. The van der Waals surface area contributed by atoms with Crippen LogP contribution in [-0.4, -0.2) is 50.9 Å². The summed E-state index contributed by atoms with van der Waals surface area (Å²) in [6.07, 6.45) is 5.28. The van der Waals surface area contributed by atoms with Crippen LogP contribution in [0.3, 0.4) is 0 Å². The molecule has 1 saturated carbocycles. The van der Waals surface area contributed by atoms with Gasteiger partial charge in [0.2, 0.25) is 11.8 Å². The number of ether oxygens (including phenoxy) is 1. The molecule has 230 valence electrons. The van der Waals surface area contributed by atoms with Crippen molar-refractivity contribution in [3.63, 3.8) is 0 Å². The first-order valence-corrected chi connectivity index (χ1v) is 16.6. The van der Waals surface area contributed by atoms with Gasteiger partial charge in [0.25, 0.3) is 10.0 Å². The van der Waals surface area contributed by atoms with Gasteiger partial charge in [0.1, 0.15) is 18.3 Å². The number of rotatable bonds is 12. The van der Waals surface area contributed by atoms with E-state index in [1.165, 1.54) is 24.1 Å². The first kappa shape index (κ1) is 32.6. The fourth-order valence-corrected chi connectivity index (χ4v) is 7.25. The number of carbonyl (C=O) groups is 2. The third kappa shape index (κ3) is 8.02. The van der Waals surface area contributed by atoms with Gasteiger partial charge in [-0.3, -0.25) is 13.9 Å². The third-order valence-corrected chi connectivity index (χ3v) is 10.2. The van der Waals surface area contributed by atoms with Gasteiger partial charge >= 0.3 is 0 Å². The van der Waals surface area contributed by atoms with Gasteiger partial charge in [-0.25, -0.2) is 8.42 Å². The summed E-state index contributed by atoms with van der Waals surface area (Å²) < 4.78 is 34.2. The van der Waals surface area contributed by atoms with Crippen LogP contribution in [-0.2, 0) is 26.2 Å². The molecule has 0 aromatic heterocycles. The maximum atomic E-state index is 14.3. The Hall–Kier alpha value is -3.27. The van der Waals surface area contributed by atoms with E-state index in [1.54, 1.807) is 60.7 Å². The van der Waals surface area contributed by atoms with Crippen molar-refractivity contribution in [2.45, 2.75) is 69.0 Å². The molecule has 0 radical (unpaired) electrons. The first-order valence-electron chi connectivity index (χ1n) is 14.4. The van der Waals surface area contributed by atoms with E-state index in [0.29, 0.717) is 33.5 Å². The molecule has 1 aliphatic rings. The average Bonchev–Trinajstić information content (AvgIpc) is 3.02. The van der Waals surface area contributed by atoms with E-state index < -0.39 is 28.5 Å². The number of hydrogen-bond acceptors (Lipinski definition) is 5. The average molecular weight is 647 g/mol. The SMILES string of the molecule is CC[C@@H](C(=O)NC1CCCCC1)N(Cc1c(Cl)cccc1Cl)C(=O)CN(c1ccccc1)S(=O)(=O)c1ccc(OC)cc1. The molecule has 3 aromatic carbocycles. The minimum Gasteiger partial charge on any atom is -0.497 e. The molecule has 2 amide bonds. The predicted molar refractivity (Wildman–Crippen MR) is 170 cm³/mol. The lowest BCUT2D eigenvalue weighted by atomic mass is 9.95. The predicted octanol–water partition coefficient (Wildman–Crippen LogP) is 6.45. The quantitative estimate of drug-likeness (QED) is 0.244. The standard InChI is InChI=1S/C32H37Cl2N3O5S/c1-3-30(32(39)35-23-11-6-4-7-12-23)36(21-27-28(33)15-10-16-29(27)34)31(38)22-37(24-13-8-5-9-14-24)43(40,41)26-19-17-25(42-2)18-20-26/h5,8-10,13-20,23,30H,3-4,6-7,11-12,21-22H2,1-2H3,(H,35,39)/t30-/m0/s1. The van der Waals surface area contributed by atoms with Gasteiger partial charge in [0.05, 0.1) is 17.7 Å². The van der Waals surface area contributed by atoms with Crippen LogP contribution in [0.1, 0.15) is 51.0 Å². The molecule has 0 bridgehead atoms. The second kappa shape index (κ2) is 14.9. The third-order valence-electron chi connectivity index (χ3n) is 7.70. The van der Waals surface area contributed by atoms with E-state index in [1.807, 2.05) is 6.92 Å². The number of methoxy groups -OCH3 is 1. The summed E-state index contributed by atoms with van der Waals surface area (Å²) in [5, 5.41) is 3.82. The van der Waals surface area contributed by atoms with E-state index >= 15 is 0 Å². The molecule has 3 aromatic rings. The number of amides is 2. The van der Waals surface area contributed by atoms with Crippen LogP contribution in [0.5, 0.6) is 5.75 Å². The maximum absolute atomic E-state index is 14.3. The van der Waals surface area contributed by atoms with Crippen LogP contribution < -0.4 is 14.4 Å². The number of para-hydroxylation sites is 1. The van der Waals surface area contributed by atoms with E-state index in [0.717, 1.165) is 36.4 Å². The van der Waals surface area contributed by atoms with Crippen LogP contribution in [0.15, 0.2) is 77.7 Å². The van der Waals surface area contributed by atoms with Gasteiger partial charge in [0.15, 0.2) is 0 Å². The second-order valence-corrected chi connectivity index (χ2v) is 13.2. The minimum absolute atomic E-state index is 0.00673. The zero-order chi connectivity index (χ0) is 31.0. The van der Waals surface area contributed by atoms with Crippen molar-refractivity contribution < 1.29 is 22.7 Å². The molecule has 1 aliphatic carbocycles. The Morgan fingerprint density at radius 1 is 0.930 bits per heavy atom. The van der Waals surface area contributed by atoms with Gasteiger partial charge in [-0.1, -0.05) is 73.7 Å². The number of carbonyl (C=O) groups excluding carboxylic acids is 2. The van der Waals surface area contributed by atoms with E-state index in [2.05, 4.69) is 5.32 Å². The molecular formula is C32H37Cl2N3O5S. The van der Waals surface area contributed by atoms with Crippen LogP contribution >= 0.6 is 23.2 Å². The lowest BCUT2D eigenvalue weighted by Gasteiger charge is -2.34. The molecule has 0 unspecified atom stereocenters. The maximum Gasteiger partial charge on any atom is 0.264 e. The molecule has 0 saturated heterocycles. The van der Waals surface area contributed by atoms with Crippen LogP contribution in [0, 0.1) is 0 Å². The van der Waals surface area contributed by atoms with Gasteiger partial charge in [-0.2, -0.15) is 0 Å². The summed E-state index contributed by atoms with van der Waals surface area (Å²) >= 11 is 13.0. The van der Waals surface area contributed by atoms with Gasteiger partial charge in [-0.15, -0.1) is 0 Å². The summed E-state index contributed by atoms with van der Waals surface area (Å²) in [7, 11) is -2.70. The molecule has 43 heavy (non-hydrogen) atoms. The smallest absolute Gasteiger partial charge is 0.264 e. The number of nitrogens with one attached hydrogen (secondary N) is 1. The Kier molecular flexibility index (Phi) is 11.3. The largest absolute Gasteiger partial charge is 0.497 e. The molecule has 1 atom stereocenters. The number of benzene rings is 3. The van der Waals surface area contributed by atoms with Crippen molar-refractivity contribution in [1.82, 2.24) is 10.2 Å². The summed E-state index contributed by atoms with van der Waals surface area (Å²) in [6.45, 7) is 1.20. The topological polar surface area (TPSA) is 96.0 Å². The van der Waals surface area contributed by atoms with Crippen molar-refractivity contribution in [3.05, 3.63) is 88.4 Å². The molecule has 0 aliphatic heterocycles. The molecule has 0 spiro atoms. The van der Waals surface area contributed by atoms with Crippen LogP contribution in [0.4, 0.5) is 5.69 Å². The number of hydrogen-bond donors (Lipinski definition) is 1. The van der Waals surface area contributed by atoms with Crippen LogP contribution in [0.2, 0.25) is 10.0 Å². The fourth-order valence-electron chi connectivity index (χ4n) is 5.32. The van der Waals surface area contributed by atoms with E-state index in [-0.39, 0.29) is 23.4 Å². The second-order valence-electron chi connectivity index (χ2n) is 10.5. The molecule has 4 rings (SSSR count). The van der Waals surface area contributed by atoms with E-state index in [4.69, 9.17) is 27.9 Å². The van der Waals surface area contributed by atoms with Crippen molar-refractivity contribution in [3.8, 4) is 5.75 Å². The Morgan fingerprint density at radius 2 is 1.56 bits per heavy atom. The molecule has 0 heterocycles. The highest BCUT2D eigenvalue weighted by Crippen LogP contribution is 2.29. The van der Waals surface area contributed by atoms with Gasteiger partial charge in [0, 0.05) is 28.2 Å². The van der Waals surface area contributed by atoms with Crippen molar-refractivity contribution >= 4 is 50.7 Å². The van der Waals surface area contributed by atoms with Crippen molar-refractivity contribution in [2.75, 3.05) is 18.0 Å². The Bertz CT molecular complexity index is 1480. The molecule has 11 heteroatoms. The Labute approximate surface area is 264 Å². The van der Waals surface area contributed by atoms with Crippen molar-refractivity contribution in [1.29, 1.82) is 0 Å². The monoisotopic (exact) mass is 645 g/mol. The zero-order valence-electron chi connectivity index (χ0n) is 24.3. The Morgan fingerprint density at radius 3 is 2.14 bits per heavy atom. The number of nitrogens with zero attached hydrogens (tertiary/aromatic N) is 2. The normalized spacial score (nSPS) is 14.5. The number of halogens is 2. The van der Waals surface area contributed by atoms with Gasteiger partial charge < -0.3 is 15.0 Å². The summed E-state index contributed by atoms with van der Waals surface area (Å²) in [4.78, 5) is 29.3. The molecule has 8 nitrogen and oxygen atoms in total. The molecule has 1 fully saturated rings. The summed E-state index contributed by atoms with van der Waals surface area (Å²) in [5.41, 5.74) is 0.787.